The summed E-state index contributed by atoms with van der Waals surface area (Å²) in [5.74, 6) is 0.138. The van der Waals surface area contributed by atoms with Crippen LogP contribution in [-0.4, -0.2) is 30.4 Å². The third-order valence-corrected chi connectivity index (χ3v) is 3.47. The second-order valence-corrected chi connectivity index (χ2v) is 4.88. The molecule has 0 unspecified atom stereocenters. The second-order valence-electron chi connectivity index (χ2n) is 4.88. The van der Waals surface area contributed by atoms with Gasteiger partial charge >= 0.3 is 0 Å². The van der Waals surface area contributed by atoms with E-state index in [9.17, 15) is 4.79 Å². The number of fused-ring (bicyclic) bond motifs is 1. The van der Waals surface area contributed by atoms with E-state index in [2.05, 4.69) is 11.4 Å². The van der Waals surface area contributed by atoms with Crippen LogP contribution in [0, 0.1) is 0 Å². The third kappa shape index (κ3) is 2.34. The fraction of sp³-hybridized carbons (Fsp3) is 0.500. The molecule has 0 aliphatic carbocycles. The standard InChI is InChI=1S/C14H20N2O/c1-10(2)16(3)14(17)13-6-4-5-11-9-15-8-7-12(11)13/h4-6,10,15H,7-9H2,1-3H3. The molecule has 1 aliphatic rings. The van der Waals surface area contributed by atoms with Crippen molar-refractivity contribution in [2.75, 3.05) is 13.6 Å². The number of benzene rings is 1. The molecule has 92 valence electrons. The summed E-state index contributed by atoms with van der Waals surface area (Å²) < 4.78 is 0. The van der Waals surface area contributed by atoms with Crippen LogP contribution in [0.1, 0.15) is 35.3 Å². The molecule has 0 atom stereocenters. The zero-order chi connectivity index (χ0) is 12.4. The Bertz CT molecular complexity index is 426. The maximum absolute atomic E-state index is 12.4. The summed E-state index contributed by atoms with van der Waals surface area (Å²) in [6.45, 7) is 5.91. The minimum absolute atomic E-state index is 0.138. The van der Waals surface area contributed by atoms with Crippen molar-refractivity contribution in [3.05, 3.63) is 34.9 Å². The van der Waals surface area contributed by atoms with E-state index < -0.39 is 0 Å². The molecule has 1 aromatic carbocycles. The average Bonchev–Trinajstić information content (AvgIpc) is 2.36. The van der Waals surface area contributed by atoms with Crippen molar-refractivity contribution in [1.82, 2.24) is 10.2 Å². The van der Waals surface area contributed by atoms with Crippen molar-refractivity contribution in [2.24, 2.45) is 0 Å². The van der Waals surface area contributed by atoms with Gasteiger partial charge in [0.25, 0.3) is 5.91 Å². The molecule has 2 rings (SSSR count). The summed E-state index contributed by atoms with van der Waals surface area (Å²) in [7, 11) is 1.87. The molecule has 0 bridgehead atoms. The molecule has 0 saturated carbocycles. The van der Waals surface area contributed by atoms with Gasteiger partial charge < -0.3 is 10.2 Å². The van der Waals surface area contributed by atoms with Gasteiger partial charge in [-0.25, -0.2) is 0 Å². The number of carbonyl (C=O) groups is 1. The van der Waals surface area contributed by atoms with Crippen LogP contribution in [0.4, 0.5) is 0 Å². The second kappa shape index (κ2) is 4.88. The summed E-state index contributed by atoms with van der Waals surface area (Å²) >= 11 is 0. The van der Waals surface area contributed by atoms with Crippen molar-refractivity contribution in [1.29, 1.82) is 0 Å². The summed E-state index contributed by atoms with van der Waals surface area (Å²) in [6.07, 6.45) is 0.948. The minimum atomic E-state index is 0.138. The predicted octanol–water partition coefficient (Wildman–Crippen LogP) is 1.81. The van der Waals surface area contributed by atoms with Gasteiger partial charge in [0.15, 0.2) is 0 Å². The molecule has 1 heterocycles. The minimum Gasteiger partial charge on any atom is -0.339 e. The van der Waals surface area contributed by atoms with Gasteiger partial charge in [-0.3, -0.25) is 4.79 Å². The van der Waals surface area contributed by atoms with E-state index in [4.69, 9.17) is 0 Å². The number of hydrogen-bond acceptors (Lipinski definition) is 2. The quantitative estimate of drug-likeness (QED) is 0.843. The van der Waals surface area contributed by atoms with Gasteiger partial charge in [0.2, 0.25) is 0 Å². The van der Waals surface area contributed by atoms with Gasteiger partial charge in [-0.1, -0.05) is 12.1 Å². The zero-order valence-corrected chi connectivity index (χ0v) is 10.8. The van der Waals surface area contributed by atoms with E-state index in [0.717, 1.165) is 25.1 Å². The Hall–Kier alpha value is -1.35. The molecule has 0 radical (unpaired) electrons. The molecule has 1 N–H and O–H groups in total. The molecular weight excluding hydrogens is 212 g/mol. The van der Waals surface area contributed by atoms with Crippen molar-refractivity contribution in [3.63, 3.8) is 0 Å². The van der Waals surface area contributed by atoms with Gasteiger partial charge in [-0.05, 0) is 44.0 Å². The van der Waals surface area contributed by atoms with Gasteiger partial charge in [-0.15, -0.1) is 0 Å². The Balaban J connectivity index is 2.35. The van der Waals surface area contributed by atoms with Gasteiger partial charge in [0.1, 0.15) is 0 Å². The lowest BCUT2D eigenvalue weighted by Crippen LogP contribution is -2.35. The highest BCUT2D eigenvalue weighted by Crippen LogP contribution is 2.20. The molecule has 1 aromatic rings. The van der Waals surface area contributed by atoms with Crippen LogP contribution >= 0.6 is 0 Å². The van der Waals surface area contributed by atoms with Crippen LogP contribution in [0.25, 0.3) is 0 Å². The molecule has 1 aliphatic heterocycles. The largest absolute Gasteiger partial charge is 0.339 e. The van der Waals surface area contributed by atoms with Gasteiger partial charge in [0, 0.05) is 25.2 Å². The van der Waals surface area contributed by atoms with Crippen molar-refractivity contribution in [2.45, 2.75) is 32.9 Å². The van der Waals surface area contributed by atoms with E-state index in [1.54, 1.807) is 4.90 Å². The van der Waals surface area contributed by atoms with Gasteiger partial charge in [-0.2, -0.15) is 0 Å². The molecule has 0 saturated heterocycles. The number of carbonyl (C=O) groups excluding carboxylic acids is 1. The lowest BCUT2D eigenvalue weighted by Gasteiger charge is -2.25. The first-order valence-corrected chi connectivity index (χ1v) is 6.20. The van der Waals surface area contributed by atoms with E-state index >= 15 is 0 Å². The number of hydrogen-bond donors (Lipinski definition) is 1. The lowest BCUT2D eigenvalue weighted by atomic mass is 9.94. The molecule has 0 spiro atoms. The third-order valence-electron chi connectivity index (χ3n) is 3.47. The van der Waals surface area contributed by atoms with Crippen LogP contribution in [-0.2, 0) is 13.0 Å². The van der Waals surface area contributed by atoms with Crippen molar-refractivity contribution >= 4 is 5.91 Å². The molecular formula is C14H20N2O. The Labute approximate surface area is 103 Å². The summed E-state index contributed by atoms with van der Waals surface area (Å²) in [4.78, 5) is 14.2. The summed E-state index contributed by atoms with van der Waals surface area (Å²) in [6, 6.07) is 6.27. The summed E-state index contributed by atoms with van der Waals surface area (Å²) in [5, 5.41) is 3.33. The van der Waals surface area contributed by atoms with E-state index in [-0.39, 0.29) is 11.9 Å². The first-order valence-electron chi connectivity index (χ1n) is 6.20. The van der Waals surface area contributed by atoms with Crippen LogP contribution in [0.3, 0.4) is 0 Å². The lowest BCUT2D eigenvalue weighted by molar-refractivity contribution is 0.0753. The summed E-state index contributed by atoms with van der Waals surface area (Å²) in [5.41, 5.74) is 3.36. The van der Waals surface area contributed by atoms with Crippen LogP contribution in [0.2, 0.25) is 0 Å². The highest BCUT2D eigenvalue weighted by molar-refractivity contribution is 5.96. The van der Waals surface area contributed by atoms with Crippen LogP contribution < -0.4 is 5.32 Å². The topological polar surface area (TPSA) is 32.3 Å². The number of nitrogens with one attached hydrogen (secondary N) is 1. The zero-order valence-electron chi connectivity index (χ0n) is 10.8. The van der Waals surface area contributed by atoms with Crippen molar-refractivity contribution < 1.29 is 4.79 Å². The normalized spacial score (nSPS) is 14.6. The molecule has 0 aromatic heterocycles. The Morgan fingerprint density at radius 2 is 2.18 bits per heavy atom. The Kier molecular flexibility index (Phi) is 3.48. The number of amides is 1. The SMILES string of the molecule is CC(C)N(C)C(=O)c1cccc2c1CCNC2. The molecule has 3 heteroatoms. The van der Waals surface area contributed by atoms with Crippen LogP contribution in [0.5, 0.6) is 0 Å². The van der Waals surface area contributed by atoms with E-state index in [1.165, 1.54) is 11.1 Å². The average molecular weight is 232 g/mol. The monoisotopic (exact) mass is 232 g/mol. The fourth-order valence-electron chi connectivity index (χ4n) is 2.16. The Morgan fingerprint density at radius 3 is 2.88 bits per heavy atom. The molecule has 17 heavy (non-hydrogen) atoms. The highest BCUT2D eigenvalue weighted by atomic mass is 16.2. The fourth-order valence-corrected chi connectivity index (χ4v) is 2.16. The highest BCUT2D eigenvalue weighted by Gasteiger charge is 2.20. The van der Waals surface area contributed by atoms with E-state index in [0.29, 0.717) is 0 Å². The first kappa shape index (κ1) is 12.1. The smallest absolute Gasteiger partial charge is 0.254 e. The Morgan fingerprint density at radius 1 is 1.41 bits per heavy atom. The first-order chi connectivity index (χ1) is 8.11. The maximum Gasteiger partial charge on any atom is 0.254 e. The number of nitrogens with zero attached hydrogens (tertiary/aromatic N) is 1. The molecule has 0 fully saturated rings. The molecule has 3 nitrogen and oxygen atoms in total. The number of rotatable bonds is 2. The van der Waals surface area contributed by atoms with Crippen LogP contribution in [0.15, 0.2) is 18.2 Å². The predicted molar refractivity (Wildman–Crippen MR) is 69.1 cm³/mol. The van der Waals surface area contributed by atoms with Crippen molar-refractivity contribution in [3.8, 4) is 0 Å². The molecule has 1 amide bonds. The van der Waals surface area contributed by atoms with Gasteiger partial charge in [0.05, 0.1) is 0 Å². The van der Waals surface area contributed by atoms with E-state index in [1.807, 2.05) is 33.0 Å². The maximum atomic E-state index is 12.4.